The van der Waals surface area contributed by atoms with Crippen molar-refractivity contribution in [1.29, 1.82) is 0 Å². The molecule has 1 atom stereocenters. The van der Waals surface area contributed by atoms with Gasteiger partial charge in [-0.05, 0) is 45.1 Å². The third-order valence-electron chi connectivity index (χ3n) is 3.80. The van der Waals surface area contributed by atoms with Crippen LogP contribution in [-0.4, -0.2) is 31.1 Å². The van der Waals surface area contributed by atoms with Crippen LogP contribution in [-0.2, 0) is 9.53 Å². The normalized spacial score (nSPS) is 33.1. The van der Waals surface area contributed by atoms with Crippen molar-refractivity contribution in [2.75, 3.05) is 19.8 Å². The zero-order valence-electron chi connectivity index (χ0n) is 9.55. The molecule has 0 spiro atoms. The molecule has 0 bridgehead atoms. The molecule has 0 amide bonds. The summed E-state index contributed by atoms with van der Waals surface area (Å²) in [6.45, 7) is 4.72. The first-order valence-corrected chi connectivity index (χ1v) is 6.07. The molecule has 0 aromatic heterocycles. The Morgan fingerprint density at radius 3 is 2.80 bits per heavy atom. The van der Waals surface area contributed by atoms with Crippen LogP contribution in [0.5, 0.6) is 0 Å². The Morgan fingerprint density at radius 1 is 1.47 bits per heavy atom. The van der Waals surface area contributed by atoms with Crippen LogP contribution in [0.15, 0.2) is 0 Å². The molecule has 0 aliphatic carbocycles. The van der Waals surface area contributed by atoms with Gasteiger partial charge in [-0.2, -0.15) is 0 Å². The average molecular weight is 211 g/mol. The first-order chi connectivity index (χ1) is 7.21. The van der Waals surface area contributed by atoms with E-state index in [1.54, 1.807) is 0 Å². The molecule has 2 rings (SSSR count). The Labute approximate surface area is 91.6 Å². The summed E-state index contributed by atoms with van der Waals surface area (Å²) in [5.74, 6) is 0.970. The first kappa shape index (κ1) is 11.1. The molecule has 2 fully saturated rings. The van der Waals surface area contributed by atoms with E-state index in [0.717, 1.165) is 51.9 Å². The molecule has 15 heavy (non-hydrogen) atoms. The molecule has 1 unspecified atom stereocenters. The van der Waals surface area contributed by atoms with E-state index in [1.807, 2.05) is 0 Å². The molecule has 86 valence electrons. The molecule has 2 heterocycles. The molecule has 0 radical (unpaired) electrons. The Kier molecular flexibility index (Phi) is 3.42. The lowest BCUT2D eigenvalue weighted by atomic mass is 9.85. The van der Waals surface area contributed by atoms with E-state index >= 15 is 0 Å². The van der Waals surface area contributed by atoms with Gasteiger partial charge in [0, 0.05) is 19.6 Å². The highest BCUT2D eigenvalue weighted by atomic mass is 16.5. The average Bonchev–Trinajstić information content (AvgIpc) is 2.68. The fourth-order valence-electron chi connectivity index (χ4n) is 2.57. The summed E-state index contributed by atoms with van der Waals surface area (Å²) in [6, 6.07) is 0. The highest BCUT2D eigenvalue weighted by Crippen LogP contribution is 2.26. The van der Waals surface area contributed by atoms with Crippen molar-refractivity contribution < 1.29 is 9.53 Å². The first-order valence-electron chi connectivity index (χ1n) is 6.07. The van der Waals surface area contributed by atoms with E-state index in [4.69, 9.17) is 4.74 Å². The third-order valence-corrected chi connectivity index (χ3v) is 3.80. The molecule has 2 aliphatic heterocycles. The topological polar surface area (TPSA) is 38.3 Å². The molecule has 0 saturated carbocycles. The molecule has 2 aliphatic rings. The van der Waals surface area contributed by atoms with Crippen molar-refractivity contribution in [3.05, 3.63) is 0 Å². The maximum absolute atomic E-state index is 12.1. The molecular formula is C12H21NO2. The fourth-order valence-corrected chi connectivity index (χ4v) is 2.57. The molecule has 0 aromatic carbocycles. The van der Waals surface area contributed by atoms with Gasteiger partial charge in [-0.3, -0.25) is 4.79 Å². The number of carbonyl (C=O) groups excluding carboxylic acids is 1. The van der Waals surface area contributed by atoms with Gasteiger partial charge in [0.25, 0.3) is 0 Å². The summed E-state index contributed by atoms with van der Waals surface area (Å²) >= 11 is 0. The Balaban J connectivity index is 1.85. The summed E-state index contributed by atoms with van der Waals surface area (Å²) in [6.07, 6.45) is 5.00. The van der Waals surface area contributed by atoms with Crippen LogP contribution >= 0.6 is 0 Å². The second-order valence-electron chi connectivity index (χ2n) is 5.05. The van der Waals surface area contributed by atoms with Gasteiger partial charge in [0.2, 0.25) is 0 Å². The highest BCUT2D eigenvalue weighted by molar-refractivity contribution is 5.88. The predicted octanol–water partition coefficient (Wildman–Crippen LogP) is 1.51. The number of ketones is 1. The third kappa shape index (κ3) is 2.58. The van der Waals surface area contributed by atoms with Crippen LogP contribution < -0.4 is 5.32 Å². The van der Waals surface area contributed by atoms with Gasteiger partial charge in [0.1, 0.15) is 0 Å². The second kappa shape index (κ2) is 4.62. The molecule has 1 N–H and O–H groups in total. The largest absolute Gasteiger partial charge is 0.381 e. The van der Waals surface area contributed by atoms with Gasteiger partial charge in [-0.1, -0.05) is 0 Å². The molecule has 0 aromatic rings. The molecular weight excluding hydrogens is 190 g/mol. The van der Waals surface area contributed by atoms with Crippen LogP contribution in [0, 0.1) is 5.92 Å². The molecule has 3 nitrogen and oxygen atoms in total. The summed E-state index contributed by atoms with van der Waals surface area (Å²) in [4.78, 5) is 12.1. The minimum absolute atomic E-state index is 0.224. The lowest BCUT2D eigenvalue weighted by Gasteiger charge is -2.27. The van der Waals surface area contributed by atoms with E-state index in [2.05, 4.69) is 12.2 Å². The van der Waals surface area contributed by atoms with Crippen molar-refractivity contribution in [2.45, 2.75) is 44.6 Å². The van der Waals surface area contributed by atoms with Gasteiger partial charge < -0.3 is 10.1 Å². The van der Waals surface area contributed by atoms with Crippen molar-refractivity contribution in [2.24, 2.45) is 5.92 Å². The van der Waals surface area contributed by atoms with Crippen LogP contribution in [0.4, 0.5) is 0 Å². The van der Waals surface area contributed by atoms with Gasteiger partial charge in [-0.25, -0.2) is 0 Å². The summed E-state index contributed by atoms with van der Waals surface area (Å²) < 4.78 is 5.30. The lowest BCUT2D eigenvalue weighted by Crippen LogP contribution is -2.45. The Hall–Kier alpha value is -0.410. The lowest BCUT2D eigenvalue weighted by molar-refractivity contribution is -0.125. The summed E-state index contributed by atoms with van der Waals surface area (Å²) in [7, 11) is 0. The highest BCUT2D eigenvalue weighted by Gasteiger charge is 2.36. The van der Waals surface area contributed by atoms with Crippen LogP contribution in [0.1, 0.15) is 39.0 Å². The van der Waals surface area contributed by atoms with Crippen molar-refractivity contribution in [3.63, 3.8) is 0 Å². The Bertz CT molecular complexity index is 228. The predicted molar refractivity (Wildman–Crippen MR) is 58.8 cm³/mol. The standard InChI is InChI=1S/C12H21NO2/c1-12(5-2-6-13-12)11(14)9-10-3-7-15-8-4-10/h10,13H,2-9H2,1H3. The van der Waals surface area contributed by atoms with Gasteiger partial charge >= 0.3 is 0 Å². The maximum atomic E-state index is 12.1. The minimum atomic E-state index is -0.224. The van der Waals surface area contributed by atoms with E-state index in [9.17, 15) is 4.79 Å². The summed E-state index contributed by atoms with van der Waals surface area (Å²) in [5.41, 5.74) is -0.224. The maximum Gasteiger partial charge on any atom is 0.152 e. The number of carbonyl (C=O) groups is 1. The smallest absolute Gasteiger partial charge is 0.152 e. The number of ether oxygens (including phenoxy) is 1. The minimum Gasteiger partial charge on any atom is -0.381 e. The summed E-state index contributed by atoms with van der Waals surface area (Å²) in [5, 5.41) is 3.34. The molecule has 2 saturated heterocycles. The monoisotopic (exact) mass is 211 g/mol. The zero-order valence-corrected chi connectivity index (χ0v) is 9.55. The van der Waals surface area contributed by atoms with Gasteiger partial charge in [0.15, 0.2) is 5.78 Å². The van der Waals surface area contributed by atoms with Crippen molar-refractivity contribution in [3.8, 4) is 0 Å². The fraction of sp³-hybridized carbons (Fsp3) is 0.917. The quantitative estimate of drug-likeness (QED) is 0.769. The number of Topliss-reactive ketones (excluding diaryl/α,β-unsaturated/α-hetero) is 1. The van der Waals surface area contributed by atoms with Crippen LogP contribution in [0.25, 0.3) is 0 Å². The second-order valence-corrected chi connectivity index (χ2v) is 5.05. The van der Waals surface area contributed by atoms with Gasteiger partial charge in [-0.15, -0.1) is 0 Å². The molecule has 3 heteroatoms. The van der Waals surface area contributed by atoms with E-state index in [0.29, 0.717) is 11.7 Å². The van der Waals surface area contributed by atoms with Crippen molar-refractivity contribution >= 4 is 5.78 Å². The number of hydrogen-bond donors (Lipinski definition) is 1. The zero-order chi connectivity index (χ0) is 10.7. The van der Waals surface area contributed by atoms with E-state index in [1.165, 1.54) is 0 Å². The Morgan fingerprint density at radius 2 is 2.20 bits per heavy atom. The van der Waals surface area contributed by atoms with E-state index < -0.39 is 0 Å². The number of hydrogen-bond acceptors (Lipinski definition) is 3. The van der Waals surface area contributed by atoms with Crippen LogP contribution in [0.2, 0.25) is 0 Å². The van der Waals surface area contributed by atoms with Crippen LogP contribution in [0.3, 0.4) is 0 Å². The van der Waals surface area contributed by atoms with Crippen molar-refractivity contribution in [1.82, 2.24) is 5.32 Å². The SMILES string of the molecule is CC1(C(=O)CC2CCOCC2)CCCN1. The van der Waals surface area contributed by atoms with Gasteiger partial charge in [0.05, 0.1) is 5.54 Å². The number of rotatable bonds is 3. The van der Waals surface area contributed by atoms with E-state index in [-0.39, 0.29) is 5.54 Å². The number of nitrogens with one attached hydrogen (secondary N) is 1.